The normalized spacial score (nSPS) is 13.1. The maximum Gasteiger partial charge on any atom is 0.119 e. The molecule has 0 aliphatic carbocycles. The highest BCUT2D eigenvalue weighted by Gasteiger charge is 2.12. The maximum absolute atomic E-state index is 10.1. The van der Waals surface area contributed by atoms with E-state index >= 15 is 0 Å². The van der Waals surface area contributed by atoms with Gasteiger partial charge in [0.25, 0.3) is 0 Å². The molecule has 6 heteroatoms. The first kappa shape index (κ1) is 19.3. The van der Waals surface area contributed by atoms with Gasteiger partial charge in [-0.25, -0.2) is 0 Å². The summed E-state index contributed by atoms with van der Waals surface area (Å²) in [6.07, 6.45) is -0.0570. The second-order valence-corrected chi connectivity index (χ2v) is 5.48. The molecule has 0 saturated heterocycles. The molecule has 0 aromatic heterocycles. The molecule has 23 heavy (non-hydrogen) atoms. The molecular weight excluding hydrogens is 362 g/mol. The minimum atomic E-state index is -0.819. The van der Waals surface area contributed by atoms with Crippen molar-refractivity contribution in [1.82, 2.24) is 5.32 Å². The summed E-state index contributed by atoms with van der Waals surface area (Å²) in [5.74, 6) is 0.0841. The van der Waals surface area contributed by atoms with E-state index in [0.717, 1.165) is 12.0 Å². The fourth-order valence-corrected chi connectivity index (χ4v) is 2.30. The Morgan fingerprint density at radius 2 is 1.48 bits per heavy atom. The van der Waals surface area contributed by atoms with Gasteiger partial charge in [0.05, 0.1) is 6.10 Å². The van der Waals surface area contributed by atoms with E-state index in [0.29, 0.717) is 12.1 Å². The SMILES string of the molecule is CC(Cc1ccc(O)cc1)NCC(O)c1cc(O)cc(O)c1.[Br-]. The highest BCUT2D eigenvalue weighted by Crippen LogP contribution is 2.24. The lowest BCUT2D eigenvalue weighted by Crippen LogP contribution is -3.00. The van der Waals surface area contributed by atoms with Crippen LogP contribution in [-0.2, 0) is 6.42 Å². The molecule has 2 aromatic carbocycles. The van der Waals surface area contributed by atoms with E-state index in [1.165, 1.54) is 18.2 Å². The summed E-state index contributed by atoms with van der Waals surface area (Å²) in [5.41, 5.74) is 1.55. The summed E-state index contributed by atoms with van der Waals surface area (Å²) in [4.78, 5) is 0. The van der Waals surface area contributed by atoms with Crippen LogP contribution in [0, 0.1) is 0 Å². The summed E-state index contributed by atoms with van der Waals surface area (Å²) in [6, 6.07) is 11.2. The van der Waals surface area contributed by atoms with Gasteiger partial charge < -0.3 is 42.7 Å². The largest absolute Gasteiger partial charge is 1.00 e. The minimum absolute atomic E-state index is 0. The monoisotopic (exact) mass is 382 g/mol. The number of hydrogen-bond donors (Lipinski definition) is 5. The third-order valence-electron chi connectivity index (χ3n) is 3.45. The summed E-state index contributed by atoms with van der Waals surface area (Å²) in [5, 5.41) is 41.4. The summed E-state index contributed by atoms with van der Waals surface area (Å²) >= 11 is 0. The van der Waals surface area contributed by atoms with Gasteiger partial charge in [0.2, 0.25) is 0 Å². The van der Waals surface area contributed by atoms with Crippen LogP contribution in [0.25, 0.3) is 0 Å². The van der Waals surface area contributed by atoms with Gasteiger partial charge in [0.15, 0.2) is 0 Å². The predicted octanol–water partition coefficient (Wildman–Crippen LogP) is -0.938. The van der Waals surface area contributed by atoms with Crippen LogP contribution >= 0.6 is 0 Å². The Bertz CT molecular complexity index is 598. The van der Waals surface area contributed by atoms with E-state index in [9.17, 15) is 20.4 Å². The Morgan fingerprint density at radius 1 is 0.913 bits per heavy atom. The molecule has 0 heterocycles. The molecule has 2 aromatic rings. The van der Waals surface area contributed by atoms with E-state index in [1.807, 2.05) is 19.1 Å². The molecule has 0 radical (unpaired) electrons. The van der Waals surface area contributed by atoms with E-state index < -0.39 is 6.10 Å². The van der Waals surface area contributed by atoms with Gasteiger partial charge in [-0.15, -0.1) is 0 Å². The average Bonchev–Trinajstić information content (AvgIpc) is 2.46. The van der Waals surface area contributed by atoms with Crippen LogP contribution in [0.4, 0.5) is 0 Å². The summed E-state index contributed by atoms with van der Waals surface area (Å²) in [7, 11) is 0. The molecule has 0 aliphatic rings. The lowest BCUT2D eigenvalue weighted by Gasteiger charge is -2.18. The Morgan fingerprint density at radius 3 is 2.04 bits per heavy atom. The molecule has 5 N–H and O–H groups in total. The third-order valence-corrected chi connectivity index (χ3v) is 3.45. The van der Waals surface area contributed by atoms with Crippen LogP contribution in [0.5, 0.6) is 17.2 Å². The van der Waals surface area contributed by atoms with Crippen molar-refractivity contribution < 1.29 is 37.4 Å². The second-order valence-electron chi connectivity index (χ2n) is 5.48. The molecule has 0 spiro atoms. The Labute approximate surface area is 146 Å². The average molecular weight is 383 g/mol. The van der Waals surface area contributed by atoms with Gasteiger partial charge in [0.1, 0.15) is 17.2 Å². The Balaban J connectivity index is 0.00000264. The molecule has 2 unspecified atom stereocenters. The minimum Gasteiger partial charge on any atom is -1.00 e. The third kappa shape index (κ3) is 6.09. The highest BCUT2D eigenvalue weighted by atomic mass is 79.9. The fourth-order valence-electron chi connectivity index (χ4n) is 2.30. The summed E-state index contributed by atoms with van der Waals surface area (Å²) in [6.45, 7) is 2.31. The van der Waals surface area contributed by atoms with Gasteiger partial charge in [0, 0.05) is 18.7 Å². The lowest BCUT2D eigenvalue weighted by atomic mass is 10.1. The molecule has 0 bridgehead atoms. The van der Waals surface area contributed by atoms with Crippen molar-refractivity contribution in [1.29, 1.82) is 0 Å². The van der Waals surface area contributed by atoms with Gasteiger partial charge in [-0.2, -0.15) is 0 Å². The molecule has 5 nitrogen and oxygen atoms in total. The Kier molecular flexibility index (Phi) is 7.35. The van der Waals surface area contributed by atoms with Gasteiger partial charge in [-0.05, 0) is 48.7 Å². The quantitative estimate of drug-likeness (QED) is 0.444. The van der Waals surface area contributed by atoms with Crippen molar-refractivity contribution in [3.8, 4) is 17.2 Å². The number of halogens is 1. The van der Waals surface area contributed by atoms with E-state index in [-0.39, 0.29) is 40.3 Å². The van der Waals surface area contributed by atoms with Gasteiger partial charge >= 0.3 is 0 Å². The van der Waals surface area contributed by atoms with E-state index in [2.05, 4.69) is 5.32 Å². The van der Waals surface area contributed by atoms with Crippen molar-refractivity contribution >= 4 is 0 Å². The van der Waals surface area contributed by atoms with Crippen LogP contribution < -0.4 is 22.3 Å². The van der Waals surface area contributed by atoms with Crippen molar-refractivity contribution in [2.24, 2.45) is 0 Å². The first-order valence-electron chi connectivity index (χ1n) is 7.16. The second kappa shape index (κ2) is 8.76. The van der Waals surface area contributed by atoms with E-state index in [1.54, 1.807) is 12.1 Å². The molecule has 0 fully saturated rings. The Hall–Kier alpha value is -1.76. The highest BCUT2D eigenvalue weighted by molar-refractivity contribution is 5.37. The van der Waals surface area contributed by atoms with Crippen molar-refractivity contribution in [3.05, 3.63) is 53.6 Å². The zero-order valence-corrected chi connectivity index (χ0v) is 14.4. The number of aliphatic hydroxyl groups is 1. The fraction of sp³-hybridized carbons (Fsp3) is 0.294. The number of benzene rings is 2. The summed E-state index contributed by atoms with van der Waals surface area (Å²) < 4.78 is 0. The molecule has 126 valence electrons. The van der Waals surface area contributed by atoms with Crippen LogP contribution in [0.3, 0.4) is 0 Å². The predicted molar refractivity (Wildman–Crippen MR) is 84.0 cm³/mol. The maximum atomic E-state index is 10.1. The zero-order valence-electron chi connectivity index (χ0n) is 12.8. The van der Waals surface area contributed by atoms with Crippen LogP contribution in [-0.4, -0.2) is 33.0 Å². The number of nitrogens with one attached hydrogen (secondary N) is 1. The molecule has 0 amide bonds. The number of hydrogen-bond acceptors (Lipinski definition) is 5. The van der Waals surface area contributed by atoms with Crippen molar-refractivity contribution in [2.75, 3.05) is 6.54 Å². The van der Waals surface area contributed by atoms with Gasteiger partial charge in [-0.1, -0.05) is 12.1 Å². The number of phenolic OH excluding ortho intramolecular Hbond substituents is 3. The number of aliphatic hydroxyl groups excluding tert-OH is 1. The van der Waals surface area contributed by atoms with Gasteiger partial charge in [-0.3, -0.25) is 0 Å². The van der Waals surface area contributed by atoms with Crippen molar-refractivity contribution in [3.63, 3.8) is 0 Å². The first-order chi connectivity index (χ1) is 10.4. The smallest absolute Gasteiger partial charge is 0.119 e. The van der Waals surface area contributed by atoms with Crippen LogP contribution in [0.15, 0.2) is 42.5 Å². The molecular formula is C17H21BrNO4-. The number of aromatic hydroxyl groups is 3. The van der Waals surface area contributed by atoms with Crippen molar-refractivity contribution in [2.45, 2.75) is 25.5 Å². The molecule has 0 aliphatic heterocycles. The number of rotatable bonds is 6. The van der Waals surface area contributed by atoms with E-state index in [4.69, 9.17) is 0 Å². The standard InChI is InChI=1S/C17H21NO4.BrH/c1-11(6-12-2-4-14(19)5-3-12)18-10-17(22)13-7-15(20)9-16(21)8-13;/h2-5,7-9,11,17-22H,6,10H2,1H3;1H/p-1. The molecule has 2 rings (SSSR count). The van der Waals surface area contributed by atoms with Crippen LogP contribution in [0.2, 0.25) is 0 Å². The molecule has 2 atom stereocenters. The van der Waals surface area contributed by atoms with Crippen LogP contribution in [0.1, 0.15) is 24.2 Å². The topological polar surface area (TPSA) is 93.0 Å². The molecule has 0 saturated carbocycles. The zero-order chi connectivity index (χ0) is 16.1. The lowest BCUT2D eigenvalue weighted by molar-refractivity contribution is -0.00000928. The number of phenols is 3. The first-order valence-corrected chi connectivity index (χ1v) is 7.16.